The molecule has 0 unspecified atom stereocenters. The maximum absolute atomic E-state index is 14.1. The van der Waals surface area contributed by atoms with Gasteiger partial charge in [-0.3, -0.25) is 4.90 Å². The smallest absolute Gasteiger partial charge is 0.408 e. The molecule has 31 heavy (non-hydrogen) atoms. The number of nitrogens with zero attached hydrogens (tertiary/aromatic N) is 1. The maximum atomic E-state index is 14.1. The van der Waals surface area contributed by atoms with Crippen LogP contribution in [0.5, 0.6) is 23.0 Å². The van der Waals surface area contributed by atoms with Crippen LogP contribution in [0.4, 0.5) is 13.2 Å². The van der Waals surface area contributed by atoms with Crippen LogP contribution in [-0.2, 0) is 0 Å². The van der Waals surface area contributed by atoms with E-state index >= 15 is 0 Å². The van der Waals surface area contributed by atoms with Crippen molar-refractivity contribution in [2.75, 3.05) is 26.2 Å². The first kappa shape index (κ1) is 21.2. The van der Waals surface area contributed by atoms with E-state index in [1.807, 2.05) is 24.3 Å². The second-order valence-electron chi connectivity index (χ2n) is 7.27. The lowest BCUT2D eigenvalue weighted by molar-refractivity contribution is -0.187. The summed E-state index contributed by atoms with van der Waals surface area (Å²) in [5.74, 6) is 1.67. The number of alkyl halides is 3. The van der Waals surface area contributed by atoms with Crippen LogP contribution in [0.25, 0.3) is 0 Å². The van der Waals surface area contributed by atoms with Crippen molar-refractivity contribution in [1.82, 2.24) is 10.2 Å². The van der Waals surface area contributed by atoms with Gasteiger partial charge in [-0.2, -0.15) is 13.2 Å². The summed E-state index contributed by atoms with van der Waals surface area (Å²) in [6.07, 6.45) is -4.41. The van der Waals surface area contributed by atoms with Gasteiger partial charge in [0.2, 0.25) is 0 Å². The number of rotatable bonds is 6. The van der Waals surface area contributed by atoms with Crippen LogP contribution < -0.4 is 14.8 Å². The third-order valence-electron chi connectivity index (χ3n) is 5.05. The zero-order valence-corrected chi connectivity index (χ0v) is 16.8. The SMILES string of the molecule is FC(F)(F)[C@H](c1ccc(Oc2ccccc2)c(Oc2ccccc2)c1)N1CCNCC1. The molecule has 1 N–H and O–H groups in total. The standard InChI is InChI=1S/C24H23F3N2O2/c25-24(26,27)23(29-15-13-28-14-16-29)18-11-12-21(30-19-7-3-1-4-8-19)22(17-18)31-20-9-5-2-6-10-20/h1-12,17,23,28H,13-16H2/t23-/m0/s1. The van der Waals surface area contributed by atoms with E-state index in [0.29, 0.717) is 43.4 Å². The van der Waals surface area contributed by atoms with Gasteiger partial charge in [0.25, 0.3) is 0 Å². The fourth-order valence-corrected chi connectivity index (χ4v) is 3.64. The van der Waals surface area contributed by atoms with Crippen molar-refractivity contribution in [3.63, 3.8) is 0 Å². The third-order valence-corrected chi connectivity index (χ3v) is 5.05. The summed E-state index contributed by atoms with van der Waals surface area (Å²) < 4.78 is 54.1. The molecule has 0 bridgehead atoms. The van der Waals surface area contributed by atoms with Crippen molar-refractivity contribution in [2.45, 2.75) is 12.2 Å². The molecule has 1 fully saturated rings. The first-order chi connectivity index (χ1) is 15.0. The summed E-state index contributed by atoms with van der Waals surface area (Å²) in [5.41, 5.74) is 0.126. The van der Waals surface area contributed by atoms with E-state index in [2.05, 4.69) is 5.32 Å². The van der Waals surface area contributed by atoms with Gasteiger partial charge in [-0.25, -0.2) is 0 Å². The highest BCUT2D eigenvalue weighted by Gasteiger charge is 2.45. The van der Waals surface area contributed by atoms with E-state index in [0.717, 1.165) is 0 Å². The van der Waals surface area contributed by atoms with Crippen LogP contribution >= 0.6 is 0 Å². The molecule has 0 saturated carbocycles. The van der Waals surface area contributed by atoms with Gasteiger partial charge in [0, 0.05) is 26.2 Å². The first-order valence-electron chi connectivity index (χ1n) is 10.1. The predicted molar refractivity (Wildman–Crippen MR) is 113 cm³/mol. The number of piperazine rings is 1. The molecule has 0 aromatic heterocycles. The van der Waals surface area contributed by atoms with Crippen molar-refractivity contribution >= 4 is 0 Å². The molecule has 7 heteroatoms. The maximum Gasteiger partial charge on any atom is 0.408 e. The quantitative estimate of drug-likeness (QED) is 0.540. The molecule has 3 aromatic rings. The Bertz CT molecular complexity index is 975. The van der Waals surface area contributed by atoms with E-state index in [1.54, 1.807) is 42.5 Å². The highest BCUT2D eigenvalue weighted by atomic mass is 19.4. The Morgan fingerprint density at radius 3 is 1.84 bits per heavy atom. The number of nitrogens with one attached hydrogen (secondary N) is 1. The lowest BCUT2D eigenvalue weighted by atomic mass is 10.0. The molecule has 1 atom stereocenters. The van der Waals surface area contributed by atoms with Gasteiger partial charge < -0.3 is 14.8 Å². The summed E-state index contributed by atoms with van der Waals surface area (Å²) in [6, 6.07) is 20.7. The number of benzene rings is 3. The average molecular weight is 428 g/mol. The lowest BCUT2D eigenvalue weighted by Gasteiger charge is -2.36. The Kier molecular flexibility index (Phi) is 6.44. The van der Waals surface area contributed by atoms with Crippen molar-refractivity contribution in [2.24, 2.45) is 0 Å². The molecule has 162 valence electrons. The molecule has 1 saturated heterocycles. The molecule has 1 aliphatic rings. The molecule has 4 rings (SSSR count). The lowest BCUT2D eigenvalue weighted by Crippen LogP contribution is -2.49. The van der Waals surface area contributed by atoms with Gasteiger partial charge in [-0.15, -0.1) is 0 Å². The van der Waals surface area contributed by atoms with Crippen molar-refractivity contribution in [3.05, 3.63) is 84.4 Å². The zero-order chi connectivity index (χ0) is 21.7. The van der Waals surface area contributed by atoms with Gasteiger partial charge in [0.05, 0.1) is 0 Å². The van der Waals surface area contributed by atoms with Crippen LogP contribution in [0, 0.1) is 0 Å². The molecule has 0 spiro atoms. The summed E-state index contributed by atoms with van der Waals surface area (Å²) in [4.78, 5) is 1.45. The molecular formula is C24H23F3N2O2. The van der Waals surface area contributed by atoms with Crippen LogP contribution in [0.15, 0.2) is 78.9 Å². The Morgan fingerprint density at radius 2 is 1.29 bits per heavy atom. The molecular weight excluding hydrogens is 405 g/mol. The van der Waals surface area contributed by atoms with Gasteiger partial charge >= 0.3 is 6.18 Å². The number of hydrogen-bond acceptors (Lipinski definition) is 4. The normalized spacial score (nSPS) is 16.0. The minimum absolute atomic E-state index is 0.126. The minimum atomic E-state index is -4.41. The minimum Gasteiger partial charge on any atom is -0.453 e. The molecule has 0 amide bonds. The Labute approximate surface area is 179 Å². The van der Waals surface area contributed by atoms with E-state index in [4.69, 9.17) is 9.47 Å². The molecule has 3 aromatic carbocycles. The second-order valence-corrected chi connectivity index (χ2v) is 7.27. The van der Waals surface area contributed by atoms with Crippen LogP contribution in [0.3, 0.4) is 0 Å². The van der Waals surface area contributed by atoms with Crippen LogP contribution in [0.1, 0.15) is 11.6 Å². The molecule has 1 aliphatic heterocycles. The van der Waals surface area contributed by atoms with Crippen molar-refractivity contribution in [1.29, 1.82) is 0 Å². The van der Waals surface area contributed by atoms with E-state index < -0.39 is 12.2 Å². The topological polar surface area (TPSA) is 33.7 Å². The van der Waals surface area contributed by atoms with Crippen molar-refractivity contribution < 1.29 is 22.6 Å². The monoisotopic (exact) mass is 428 g/mol. The van der Waals surface area contributed by atoms with E-state index in [9.17, 15) is 13.2 Å². The number of halogens is 3. The number of hydrogen-bond donors (Lipinski definition) is 1. The largest absolute Gasteiger partial charge is 0.453 e. The van der Waals surface area contributed by atoms with Gasteiger partial charge in [-0.05, 0) is 42.0 Å². The predicted octanol–water partition coefficient (Wildman–Crippen LogP) is 5.78. The molecule has 1 heterocycles. The second kappa shape index (κ2) is 9.41. The van der Waals surface area contributed by atoms with Crippen LogP contribution in [0.2, 0.25) is 0 Å². The fourth-order valence-electron chi connectivity index (χ4n) is 3.64. The first-order valence-corrected chi connectivity index (χ1v) is 10.1. The summed E-state index contributed by atoms with van der Waals surface area (Å²) in [7, 11) is 0. The Hall–Kier alpha value is -3.03. The van der Waals surface area contributed by atoms with E-state index in [-0.39, 0.29) is 11.3 Å². The summed E-state index contributed by atoms with van der Waals surface area (Å²) in [6.45, 7) is 1.69. The fraction of sp³-hybridized carbons (Fsp3) is 0.250. The third kappa shape index (κ3) is 5.37. The molecule has 0 radical (unpaired) electrons. The van der Waals surface area contributed by atoms with Gasteiger partial charge in [0.1, 0.15) is 17.5 Å². The Balaban J connectivity index is 1.71. The zero-order valence-electron chi connectivity index (χ0n) is 16.8. The Morgan fingerprint density at radius 1 is 0.742 bits per heavy atom. The van der Waals surface area contributed by atoms with Gasteiger partial charge in [-0.1, -0.05) is 42.5 Å². The summed E-state index contributed by atoms with van der Waals surface area (Å²) >= 11 is 0. The average Bonchev–Trinajstić information content (AvgIpc) is 2.77. The molecule has 4 nitrogen and oxygen atoms in total. The van der Waals surface area contributed by atoms with E-state index in [1.165, 1.54) is 17.0 Å². The highest BCUT2D eigenvalue weighted by molar-refractivity contribution is 5.48. The van der Waals surface area contributed by atoms with Crippen LogP contribution in [-0.4, -0.2) is 37.3 Å². The highest BCUT2D eigenvalue weighted by Crippen LogP contribution is 2.42. The number of ether oxygens (including phenoxy) is 2. The van der Waals surface area contributed by atoms with Gasteiger partial charge in [0.15, 0.2) is 11.5 Å². The summed E-state index contributed by atoms with van der Waals surface area (Å²) in [5, 5.41) is 3.10. The number of para-hydroxylation sites is 2. The van der Waals surface area contributed by atoms with Crippen molar-refractivity contribution in [3.8, 4) is 23.0 Å². The molecule has 0 aliphatic carbocycles.